The first-order valence-electron chi connectivity index (χ1n) is 8.79. The minimum Gasteiger partial charge on any atom is -0.365 e. The molecule has 1 amide bonds. The molecule has 3 heterocycles. The second kappa shape index (κ2) is 6.39. The Labute approximate surface area is 153 Å². The lowest BCUT2D eigenvalue weighted by molar-refractivity contribution is 0.0974. The Hall–Kier alpha value is -2.41. The number of rotatable bonds is 2. The fraction of sp³-hybridized carbons (Fsp3) is 0.368. The van der Waals surface area contributed by atoms with E-state index in [1.165, 1.54) is 12.3 Å². The van der Waals surface area contributed by atoms with Crippen molar-refractivity contribution in [3.05, 3.63) is 48.3 Å². The zero-order chi connectivity index (χ0) is 18.3. The van der Waals surface area contributed by atoms with Gasteiger partial charge < -0.3 is 9.80 Å². The smallest absolute Gasteiger partial charge is 0.278 e. The molecule has 1 fully saturated rings. The molecule has 1 aromatic heterocycles. The van der Waals surface area contributed by atoms with Crippen LogP contribution in [0.3, 0.4) is 0 Å². The van der Waals surface area contributed by atoms with Crippen molar-refractivity contribution in [3.63, 3.8) is 0 Å². The van der Waals surface area contributed by atoms with Crippen LogP contribution in [0.4, 0.5) is 11.4 Å². The van der Waals surface area contributed by atoms with E-state index in [9.17, 15) is 13.2 Å². The van der Waals surface area contributed by atoms with Crippen LogP contribution in [0.1, 0.15) is 29.8 Å². The molecule has 1 unspecified atom stereocenters. The number of anilines is 2. The van der Waals surface area contributed by atoms with Crippen LogP contribution in [0.2, 0.25) is 0 Å². The Bertz CT molecular complexity index is 958. The van der Waals surface area contributed by atoms with E-state index in [2.05, 4.69) is 9.88 Å². The summed E-state index contributed by atoms with van der Waals surface area (Å²) in [6, 6.07) is 11.1. The molecule has 4 rings (SSSR count). The maximum atomic E-state index is 13.3. The van der Waals surface area contributed by atoms with Crippen molar-refractivity contribution in [2.75, 3.05) is 29.1 Å². The SMILES string of the molecule is CS(=O)(=O)c1cccnc1C(=O)N1CC2CCCCN2c2ccccc21. The third kappa shape index (κ3) is 2.86. The number of aromatic nitrogens is 1. The first-order valence-corrected chi connectivity index (χ1v) is 10.7. The predicted octanol–water partition coefficient (Wildman–Crippen LogP) is 2.50. The van der Waals surface area contributed by atoms with Gasteiger partial charge in [0, 0.05) is 31.6 Å². The number of benzene rings is 1. The first kappa shape index (κ1) is 17.0. The number of pyridine rings is 1. The predicted molar refractivity (Wildman–Crippen MR) is 100 cm³/mol. The summed E-state index contributed by atoms with van der Waals surface area (Å²) in [6.07, 6.45) is 5.89. The third-order valence-electron chi connectivity index (χ3n) is 5.12. The summed E-state index contributed by atoms with van der Waals surface area (Å²) in [5.41, 5.74) is 1.85. The summed E-state index contributed by atoms with van der Waals surface area (Å²) >= 11 is 0. The molecular weight excluding hydrogens is 350 g/mol. The van der Waals surface area contributed by atoms with E-state index < -0.39 is 9.84 Å². The third-order valence-corrected chi connectivity index (χ3v) is 6.25. The van der Waals surface area contributed by atoms with Crippen LogP contribution in [0.25, 0.3) is 0 Å². The second-order valence-electron chi connectivity index (χ2n) is 6.87. The molecule has 0 aliphatic carbocycles. The fourth-order valence-electron chi connectivity index (χ4n) is 3.92. The highest BCUT2D eigenvalue weighted by molar-refractivity contribution is 7.90. The number of hydrogen-bond donors (Lipinski definition) is 0. The van der Waals surface area contributed by atoms with E-state index in [1.54, 1.807) is 11.0 Å². The Balaban J connectivity index is 1.80. The Morgan fingerprint density at radius 3 is 2.65 bits per heavy atom. The summed E-state index contributed by atoms with van der Waals surface area (Å²) in [5, 5.41) is 0. The number of nitrogens with zero attached hydrogens (tertiary/aromatic N) is 3. The number of sulfone groups is 1. The van der Waals surface area contributed by atoms with Gasteiger partial charge in [0.15, 0.2) is 9.84 Å². The lowest BCUT2D eigenvalue weighted by Gasteiger charge is -2.46. The summed E-state index contributed by atoms with van der Waals surface area (Å²) in [7, 11) is -3.54. The monoisotopic (exact) mass is 371 g/mol. The van der Waals surface area contributed by atoms with Gasteiger partial charge in [-0.2, -0.15) is 0 Å². The molecule has 0 N–H and O–H groups in total. The molecule has 6 nitrogen and oxygen atoms in total. The normalized spacial score (nSPS) is 19.7. The number of piperidine rings is 1. The number of hydrogen-bond acceptors (Lipinski definition) is 5. The van der Waals surface area contributed by atoms with Gasteiger partial charge in [-0.3, -0.25) is 4.79 Å². The van der Waals surface area contributed by atoms with Gasteiger partial charge in [-0.1, -0.05) is 12.1 Å². The van der Waals surface area contributed by atoms with Crippen LogP contribution in [0, 0.1) is 0 Å². The van der Waals surface area contributed by atoms with Crippen molar-refractivity contribution in [1.29, 1.82) is 0 Å². The van der Waals surface area contributed by atoms with Gasteiger partial charge in [0.25, 0.3) is 5.91 Å². The average Bonchev–Trinajstić information content (AvgIpc) is 2.66. The Kier molecular flexibility index (Phi) is 4.19. The van der Waals surface area contributed by atoms with Gasteiger partial charge >= 0.3 is 0 Å². The number of fused-ring (bicyclic) bond motifs is 3. The van der Waals surface area contributed by atoms with Crippen LogP contribution in [-0.2, 0) is 9.84 Å². The molecule has 0 spiro atoms. The first-order chi connectivity index (χ1) is 12.5. The average molecular weight is 371 g/mol. The van der Waals surface area contributed by atoms with Crippen LogP contribution >= 0.6 is 0 Å². The van der Waals surface area contributed by atoms with E-state index in [4.69, 9.17) is 0 Å². The van der Waals surface area contributed by atoms with Crippen molar-refractivity contribution < 1.29 is 13.2 Å². The van der Waals surface area contributed by atoms with E-state index in [1.807, 2.05) is 24.3 Å². The van der Waals surface area contributed by atoms with E-state index in [0.717, 1.165) is 43.4 Å². The van der Waals surface area contributed by atoms with Crippen molar-refractivity contribution in [3.8, 4) is 0 Å². The van der Waals surface area contributed by atoms with Crippen molar-refractivity contribution >= 4 is 27.1 Å². The molecule has 0 bridgehead atoms. The quantitative estimate of drug-likeness (QED) is 0.811. The van der Waals surface area contributed by atoms with Gasteiger partial charge in [-0.25, -0.2) is 13.4 Å². The lowest BCUT2D eigenvalue weighted by atomic mass is 9.96. The molecule has 0 saturated carbocycles. The van der Waals surface area contributed by atoms with Crippen LogP contribution in [0.5, 0.6) is 0 Å². The molecule has 2 aliphatic heterocycles. The van der Waals surface area contributed by atoms with Crippen molar-refractivity contribution in [1.82, 2.24) is 4.98 Å². The molecule has 2 aliphatic rings. The summed E-state index contributed by atoms with van der Waals surface area (Å²) in [6.45, 7) is 1.54. The van der Waals surface area contributed by atoms with E-state index in [-0.39, 0.29) is 22.5 Å². The van der Waals surface area contributed by atoms with Crippen LogP contribution in [0.15, 0.2) is 47.5 Å². The molecule has 1 aromatic carbocycles. The number of amides is 1. The molecule has 136 valence electrons. The number of para-hydroxylation sites is 2. The standard InChI is InChI=1S/C19H21N3O3S/c1-26(24,25)17-10-6-11-20-18(17)19(23)22-13-14-7-4-5-12-21(14)15-8-2-3-9-16(15)22/h2-3,6,8-11,14H,4-5,7,12-13H2,1H3. The lowest BCUT2D eigenvalue weighted by Crippen LogP contribution is -2.53. The molecule has 1 saturated heterocycles. The Morgan fingerprint density at radius 1 is 1.12 bits per heavy atom. The topological polar surface area (TPSA) is 70.6 Å². The molecule has 2 aromatic rings. The van der Waals surface area contributed by atoms with Crippen LogP contribution < -0.4 is 9.80 Å². The summed E-state index contributed by atoms with van der Waals surface area (Å²) in [4.78, 5) is 21.4. The maximum absolute atomic E-state index is 13.3. The molecule has 26 heavy (non-hydrogen) atoms. The largest absolute Gasteiger partial charge is 0.365 e. The zero-order valence-electron chi connectivity index (χ0n) is 14.6. The molecule has 7 heteroatoms. The number of carbonyl (C=O) groups is 1. The highest BCUT2D eigenvalue weighted by Gasteiger charge is 2.36. The van der Waals surface area contributed by atoms with Gasteiger partial charge in [0.1, 0.15) is 5.69 Å². The zero-order valence-corrected chi connectivity index (χ0v) is 15.4. The summed E-state index contributed by atoms with van der Waals surface area (Å²) < 4.78 is 24.2. The Morgan fingerprint density at radius 2 is 1.88 bits per heavy atom. The molecule has 1 atom stereocenters. The van der Waals surface area contributed by atoms with Gasteiger partial charge in [0.2, 0.25) is 0 Å². The second-order valence-corrected chi connectivity index (χ2v) is 8.85. The highest BCUT2D eigenvalue weighted by atomic mass is 32.2. The fourth-order valence-corrected chi connectivity index (χ4v) is 4.74. The van der Waals surface area contributed by atoms with Gasteiger partial charge in [0.05, 0.1) is 16.3 Å². The van der Waals surface area contributed by atoms with E-state index in [0.29, 0.717) is 6.54 Å². The minimum atomic E-state index is -3.54. The van der Waals surface area contributed by atoms with Crippen molar-refractivity contribution in [2.45, 2.75) is 30.2 Å². The molecule has 0 radical (unpaired) electrons. The van der Waals surface area contributed by atoms with Crippen LogP contribution in [-0.4, -0.2) is 44.7 Å². The maximum Gasteiger partial charge on any atom is 0.278 e. The summed E-state index contributed by atoms with van der Waals surface area (Å²) in [5.74, 6) is -0.358. The molecular formula is C19H21N3O3S. The van der Waals surface area contributed by atoms with Gasteiger partial charge in [-0.05, 0) is 43.5 Å². The van der Waals surface area contributed by atoms with Gasteiger partial charge in [-0.15, -0.1) is 0 Å². The highest BCUT2D eigenvalue weighted by Crippen LogP contribution is 2.39. The number of carbonyl (C=O) groups excluding carboxylic acids is 1. The minimum absolute atomic E-state index is 0.00550. The van der Waals surface area contributed by atoms with Crippen molar-refractivity contribution in [2.24, 2.45) is 0 Å². The van der Waals surface area contributed by atoms with E-state index >= 15 is 0 Å².